The average molecular weight is 307 g/mol. The number of aryl methyl sites for hydroxylation is 1. The summed E-state index contributed by atoms with van der Waals surface area (Å²) in [4.78, 5) is 25.5. The SMILES string of the molecule is Cc1ccc(NC(=O)C(C)N(C)CC(=O)NC2CC2)c(F)c1. The van der Waals surface area contributed by atoms with Crippen LogP contribution >= 0.6 is 0 Å². The molecule has 1 saturated carbocycles. The Hall–Kier alpha value is -1.95. The Labute approximate surface area is 129 Å². The second-order valence-corrected chi connectivity index (χ2v) is 5.91. The van der Waals surface area contributed by atoms with E-state index in [-0.39, 0.29) is 24.0 Å². The van der Waals surface area contributed by atoms with Gasteiger partial charge in [-0.2, -0.15) is 0 Å². The van der Waals surface area contributed by atoms with Crippen molar-refractivity contribution >= 4 is 17.5 Å². The Bertz CT molecular complexity index is 573. The number of likely N-dealkylation sites (N-methyl/N-ethyl adjacent to an activating group) is 1. The average Bonchev–Trinajstić information content (AvgIpc) is 3.24. The minimum atomic E-state index is -0.536. The van der Waals surface area contributed by atoms with Gasteiger partial charge in [-0.15, -0.1) is 0 Å². The molecule has 1 atom stereocenters. The van der Waals surface area contributed by atoms with E-state index in [1.807, 2.05) is 0 Å². The van der Waals surface area contributed by atoms with Crippen LogP contribution in [0.1, 0.15) is 25.3 Å². The van der Waals surface area contributed by atoms with E-state index < -0.39 is 11.9 Å². The number of hydrogen-bond acceptors (Lipinski definition) is 3. The molecule has 1 aromatic carbocycles. The highest BCUT2D eigenvalue weighted by atomic mass is 19.1. The van der Waals surface area contributed by atoms with E-state index in [1.54, 1.807) is 31.9 Å². The van der Waals surface area contributed by atoms with Crippen LogP contribution in [0.15, 0.2) is 18.2 Å². The summed E-state index contributed by atoms with van der Waals surface area (Å²) in [6.07, 6.45) is 2.05. The van der Waals surface area contributed by atoms with Gasteiger partial charge < -0.3 is 10.6 Å². The Morgan fingerprint density at radius 1 is 1.41 bits per heavy atom. The molecule has 0 spiro atoms. The van der Waals surface area contributed by atoms with Crippen LogP contribution in [0.4, 0.5) is 10.1 Å². The van der Waals surface area contributed by atoms with Crippen molar-refractivity contribution in [2.24, 2.45) is 0 Å². The molecule has 1 aliphatic carbocycles. The molecule has 22 heavy (non-hydrogen) atoms. The van der Waals surface area contributed by atoms with Crippen molar-refractivity contribution in [1.82, 2.24) is 10.2 Å². The number of amides is 2. The fourth-order valence-corrected chi connectivity index (χ4v) is 2.02. The first-order chi connectivity index (χ1) is 10.4. The maximum Gasteiger partial charge on any atom is 0.241 e. The van der Waals surface area contributed by atoms with Gasteiger partial charge in [-0.25, -0.2) is 4.39 Å². The summed E-state index contributed by atoms with van der Waals surface area (Å²) in [5.74, 6) is -0.898. The summed E-state index contributed by atoms with van der Waals surface area (Å²) in [5.41, 5.74) is 0.940. The third kappa shape index (κ3) is 4.53. The zero-order chi connectivity index (χ0) is 16.3. The summed E-state index contributed by atoms with van der Waals surface area (Å²) in [6.45, 7) is 3.61. The molecule has 2 rings (SSSR count). The maximum atomic E-state index is 13.7. The van der Waals surface area contributed by atoms with Crippen molar-refractivity contribution in [2.75, 3.05) is 18.9 Å². The van der Waals surface area contributed by atoms with Crippen LogP contribution < -0.4 is 10.6 Å². The van der Waals surface area contributed by atoms with Gasteiger partial charge in [0.2, 0.25) is 11.8 Å². The quantitative estimate of drug-likeness (QED) is 0.840. The molecule has 1 aromatic rings. The number of anilines is 1. The monoisotopic (exact) mass is 307 g/mol. The topological polar surface area (TPSA) is 61.4 Å². The molecule has 5 nitrogen and oxygen atoms in total. The van der Waals surface area contributed by atoms with Gasteiger partial charge in [0.15, 0.2) is 0 Å². The first kappa shape index (κ1) is 16.4. The Morgan fingerprint density at radius 3 is 2.68 bits per heavy atom. The minimum Gasteiger partial charge on any atom is -0.352 e. The zero-order valence-corrected chi connectivity index (χ0v) is 13.1. The van der Waals surface area contributed by atoms with Gasteiger partial charge in [-0.05, 0) is 51.4 Å². The van der Waals surface area contributed by atoms with E-state index in [9.17, 15) is 14.0 Å². The Balaban J connectivity index is 1.88. The number of carbonyl (C=O) groups is 2. The molecule has 0 saturated heterocycles. The van der Waals surface area contributed by atoms with E-state index in [1.165, 1.54) is 12.1 Å². The molecule has 120 valence electrons. The van der Waals surface area contributed by atoms with Gasteiger partial charge in [0, 0.05) is 6.04 Å². The molecular weight excluding hydrogens is 285 g/mol. The van der Waals surface area contributed by atoms with Gasteiger partial charge in [0.1, 0.15) is 5.82 Å². The van der Waals surface area contributed by atoms with Crippen LogP contribution in [0.3, 0.4) is 0 Å². The molecular formula is C16H22FN3O2. The summed E-state index contributed by atoms with van der Waals surface area (Å²) < 4.78 is 13.7. The third-order valence-electron chi connectivity index (χ3n) is 3.76. The van der Waals surface area contributed by atoms with Crippen LogP contribution in [0.5, 0.6) is 0 Å². The molecule has 0 heterocycles. The molecule has 2 amide bonds. The van der Waals surface area contributed by atoms with Crippen LogP contribution in [0, 0.1) is 12.7 Å². The number of nitrogens with zero attached hydrogens (tertiary/aromatic N) is 1. The number of nitrogens with one attached hydrogen (secondary N) is 2. The van der Waals surface area contributed by atoms with Crippen molar-refractivity contribution in [1.29, 1.82) is 0 Å². The lowest BCUT2D eigenvalue weighted by Crippen LogP contribution is -2.45. The third-order valence-corrected chi connectivity index (χ3v) is 3.76. The summed E-state index contributed by atoms with van der Waals surface area (Å²) in [7, 11) is 1.70. The Kier molecular flexibility index (Phi) is 5.13. The highest BCUT2D eigenvalue weighted by Gasteiger charge is 2.26. The maximum absolute atomic E-state index is 13.7. The second-order valence-electron chi connectivity index (χ2n) is 5.91. The lowest BCUT2D eigenvalue weighted by molar-refractivity contribution is -0.124. The largest absolute Gasteiger partial charge is 0.352 e. The van der Waals surface area contributed by atoms with Crippen molar-refractivity contribution < 1.29 is 14.0 Å². The molecule has 0 aromatic heterocycles. The number of benzene rings is 1. The van der Waals surface area contributed by atoms with Gasteiger partial charge in [-0.1, -0.05) is 6.07 Å². The lowest BCUT2D eigenvalue weighted by atomic mass is 10.2. The van der Waals surface area contributed by atoms with Gasteiger partial charge in [0.25, 0.3) is 0 Å². The standard InChI is InChI=1S/C16H22FN3O2/c1-10-4-7-14(13(17)8-10)19-16(22)11(2)20(3)9-15(21)18-12-5-6-12/h4,7-8,11-12H,5-6,9H2,1-3H3,(H,18,21)(H,19,22). The number of halogens is 1. The molecule has 6 heteroatoms. The van der Waals surface area contributed by atoms with E-state index in [0.717, 1.165) is 18.4 Å². The first-order valence-corrected chi connectivity index (χ1v) is 7.43. The van der Waals surface area contributed by atoms with Crippen molar-refractivity contribution in [2.45, 2.75) is 38.8 Å². The highest BCUT2D eigenvalue weighted by Crippen LogP contribution is 2.18. The van der Waals surface area contributed by atoms with E-state index in [2.05, 4.69) is 10.6 Å². The van der Waals surface area contributed by atoms with E-state index >= 15 is 0 Å². The van der Waals surface area contributed by atoms with Crippen molar-refractivity contribution in [3.63, 3.8) is 0 Å². The molecule has 2 N–H and O–H groups in total. The smallest absolute Gasteiger partial charge is 0.241 e. The fraction of sp³-hybridized carbons (Fsp3) is 0.500. The number of rotatable bonds is 6. The molecule has 0 aliphatic heterocycles. The normalized spacial score (nSPS) is 15.5. The second kappa shape index (κ2) is 6.87. The molecule has 1 unspecified atom stereocenters. The predicted molar refractivity (Wildman–Crippen MR) is 83.0 cm³/mol. The van der Waals surface area contributed by atoms with Crippen LogP contribution in [0.2, 0.25) is 0 Å². The minimum absolute atomic E-state index is 0.0915. The summed E-state index contributed by atoms with van der Waals surface area (Å²) in [6, 6.07) is 4.40. The summed E-state index contributed by atoms with van der Waals surface area (Å²) in [5, 5.41) is 5.43. The molecule has 0 radical (unpaired) electrons. The van der Waals surface area contributed by atoms with E-state index in [0.29, 0.717) is 6.04 Å². The van der Waals surface area contributed by atoms with Crippen molar-refractivity contribution in [3.05, 3.63) is 29.6 Å². The predicted octanol–water partition coefficient (Wildman–Crippen LogP) is 1.67. The molecule has 1 aliphatic rings. The van der Waals surface area contributed by atoms with Gasteiger partial charge in [0.05, 0.1) is 18.3 Å². The molecule has 0 bridgehead atoms. The van der Waals surface area contributed by atoms with Crippen LogP contribution in [-0.4, -0.2) is 42.4 Å². The highest BCUT2D eigenvalue weighted by molar-refractivity contribution is 5.95. The van der Waals surface area contributed by atoms with Crippen LogP contribution in [0.25, 0.3) is 0 Å². The van der Waals surface area contributed by atoms with Gasteiger partial charge >= 0.3 is 0 Å². The first-order valence-electron chi connectivity index (χ1n) is 7.43. The zero-order valence-electron chi connectivity index (χ0n) is 13.1. The number of carbonyl (C=O) groups excluding carboxylic acids is 2. The number of hydrogen-bond donors (Lipinski definition) is 2. The summed E-state index contributed by atoms with van der Waals surface area (Å²) >= 11 is 0. The fourth-order valence-electron chi connectivity index (χ4n) is 2.02. The molecule has 1 fully saturated rings. The lowest BCUT2D eigenvalue weighted by Gasteiger charge is -2.23. The van der Waals surface area contributed by atoms with E-state index in [4.69, 9.17) is 0 Å². The van der Waals surface area contributed by atoms with Gasteiger partial charge in [-0.3, -0.25) is 14.5 Å². The Morgan fingerprint density at radius 2 is 2.09 bits per heavy atom. The van der Waals surface area contributed by atoms with Crippen molar-refractivity contribution in [3.8, 4) is 0 Å². The van der Waals surface area contributed by atoms with Crippen LogP contribution in [-0.2, 0) is 9.59 Å².